The third-order valence-corrected chi connectivity index (χ3v) is 4.53. The van der Waals surface area contributed by atoms with Crippen LogP contribution in [-0.4, -0.2) is 47.8 Å². The molecule has 0 saturated carbocycles. The summed E-state index contributed by atoms with van der Waals surface area (Å²) in [7, 11) is 2.15. The predicted octanol–water partition coefficient (Wildman–Crippen LogP) is 0.456. The van der Waals surface area contributed by atoms with Gasteiger partial charge in [-0.15, -0.1) is 0 Å². The lowest BCUT2D eigenvalue weighted by atomic mass is 9.87. The lowest BCUT2D eigenvalue weighted by molar-refractivity contribution is 0.102. The van der Waals surface area contributed by atoms with Gasteiger partial charge in [-0.05, 0) is 24.4 Å². The van der Waals surface area contributed by atoms with Crippen LogP contribution in [0.3, 0.4) is 0 Å². The molecule has 3 N–H and O–H groups in total. The van der Waals surface area contributed by atoms with E-state index in [1.165, 1.54) is 5.56 Å². The minimum Gasteiger partial charge on any atom is -0.395 e. The molecule has 2 heterocycles. The first-order chi connectivity index (χ1) is 8.72. The van der Waals surface area contributed by atoms with Gasteiger partial charge >= 0.3 is 0 Å². The molecule has 4 atom stereocenters. The van der Waals surface area contributed by atoms with Crippen molar-refractivity contribution in [1.29, 1.82) is 0 Å². The molecule has 2 saturated heterocycles. The molecule has 1 aromatic rings. The predicted molar refractivity (Wildman–Crippen MR) is 70.6 cm³/mol. The Hall–Kier alpha value is -0.940. The zero-order chi connectivity index (χ0) is 12.7. The number of rotatable bonds is 2. The number of benzene rings is 1. The molecule has 0 spiro atoms. The standard InChI is InChI=1S/C14H21N3O/c1-16-7-11-12(8-16)14(17(15)13(11)9-18)10-5-3-2-4-6-10/h2-6,11-14,18H,7-9,15H2,1H3/t11-,12+,13-,14+/m0/s1. The summed E-state index contributed by atoms with van der Waals surface area (Å²) in [5, 5.41) is 11.5. The van der Waals surface area contributed by atoms with E-state index in [1.54, 1.807) is 0 Å². The molecule has 0 bridgehead atoms. The maximum absolute atomic E-state index is 9.59. The van der Waals surface area contributed by atoms with Gasteiger partial charge in [-0.1, -0.05) is 30.3 Å². The quantitative estimate of drug-likeness (QED) is 0.745. The molecule has 2 aliphatic rings. The minimum atomic E-state index is 0.0881. The molecule has 3 rings (SSSR count). The highest BCUT2D eigenvalue weighted by Gasteiger charge is 2.51. The molecule has 0 amide bonds. The smallest absolute Gasteiger partial charge is 0.0604 e. The average molecular weight is 247 g/mol. The maximum Gasteiger partial charge on any atom is 0.0604 e. The second-order valence-electron chi connectivity index (χ2n) is 5.60. The van der Waals surface area contributed by atoms with Gasteiger partial charge in [-0.3, -0.25) is 5.84 Å². The van der Waals surface area contributed by atoms with E-state index in [2.05, 4.69) is 36.2 Å². The monoisotopic (exact) mass is 247 g/mol. The van der Waals surface area contributed by atoms with E-state index in [0.29, 0.717) is 11.8 Å². The van der Waals surface area contributed by atoms with Gasteiger partial charge in [-0.2, -0.15) is 0 Å². The fraction of sp³-hybridized carbons (Fsp3) is 0.571. The Kier molecular flexibility index (Phi) is 3.11. The van der Waals surface area contributed by atoms with Gasteiger partial charge < -0.3 is 10.0 Å². The molecule has 0 aliphatic carbocycles. The number of hydrogen-bond acceptors (Lipinski definition) is 4. The maximum atomic E-state index is 9.59. The SMILES string of the molecule is CN1C[C@@H]2[C@H](C1)[C@H](CO)N(N)[C@@H]2c1ccccc1. The van der Waals surface area contributed by atoms with E-state index in [-0.39, 0.29) is 18.7 Å². The summed E-state index contributed by atoms with van der Waals surface area (Å²) in [5.74, 6) is 7.27. The van der Waals surface area contributed by atoms with Crippen molar-refractivity contribution in [3.63, 3.8) is 0 Å². The fourth-order valence-corrected chi connectivity index (χ4v) is 3.75. The molecule has 2 aliphatic heterocycles. The average Bonchev–Trinajstić information content (AvgIpc) is 2.84. The third-order valence-electron chi connectivity index (χ3n) is 4.53. The molecule has 0 radical (unpaired) electrons. The Morgan fingerprint density at radius 3 is 2.56 bits per heavy atom. The summed E-state index contributed by atoms with van der Waals surface area (Å²) >= 11 is 0. The molecule has 1 aromatic carbocycles. The first-order valence-electron chi connectivity index (χ1n) is 6.59. The van der Waals surface area contributed by atoms with Crippen LogP contribution < -0.4 is 5.84 Å². The van der Waals surface area contributed by atoms with Crippen LogP contribution in [0.25, 0.3) is 0 Å². The van der Waals surface area contributed by atoms with Crippen LogP contribution in [0.15, 0.2) is 30.3 Å². The van der Waals surface area contributed by atoms with Crippen molar-refractivity contribution in [3.05, 3.63) is 35.9 Å². The van der Waals surface area contributed by atoms with Crippen LogP contribution in [0.2, 0.25) is 0 Å². The van der Waals surface area contributed by atoms with Gasteiger partial charge in [0.1, 0.15) is 0 Å². The summed E-state index contributed by atoms with van der Waals surface area (Å²) < 4.78 is 0. The number of nitrogens with two attached hydrogens (primary N) is 1. The van der Waals surface area contributed by atoms with Gasteiger partial charge in [0.15, 0.2) is 0 Å². The molecule has 4 heteroatoms. The molecule has 0 aromatic heterocycles. The van der Waals surface area contributed by atoms with Gasteiger partial charge in [0, 0.05) is 13.1 Å². The van der Waals surface area contributed by atoms with E-state index in [1.807, 2.05) is 11.1 Å². The van der Waals surface area contributed by atoms with Crippen molar-refractivity contribution < 1.29 is 5.11 Å². The molecule has 0 unspecified atom stereocenters. The number of fused-ring (bicyclic) bond motifs is 1. The third kappa shape index (κ3) is 1.77. The zero-order valence-corrected chi connectivity index (χ0v) is 10.7. The van der Waals surface area contributed by atoms with Gasteiger partial charge in [-0.25, -0.2) is 5.01 Å². The summed E-state index contributed by atoms with van der Waals surface area (Å²) in [6.45, 7) is 2.25. The fourth-order valence-electron chi connectivity index (χ4n) is 3.75. The van der Waals surface area contributed by atoms with Crippen LogP contribution >= 0.6 is 0 Å². The van der Waals surface area contributed by atoms with Crippen molar-refractivity contribution in [2.45, 2.75) is 12.1 Å². The Morgan fingerprint density at radius 1 is 1.22 bits per heavy atom. The summed E-state index contributed by atoms with van der Waals surface area (Å²) in [6.07, 6.45) is 0. The zero-order valence-electron chi connectivity index (χ0n) is 10.7. The Bertz CT molecular complexity index is 411. The first-order valence-corrected chi connectivity index (χ1v) is 6.59. The lowest BCUT2D eigenvalue weighted by Crippen LogP contribution is -2.44. The molecular weight excluding hydrogens is 226 g/mol. The first kappa shape index (κ1) is 12.1. The number of aliphatic hydroxyl groups is 1. The summed E-state index contributed by atoms with van der Waals surface area (Å²) in [6, 6.07) is 10.7. The second kappa shape index (κ2) is 4.63. The minimum absolute atomic E-state index is 0.0881. The van der Waals surface area contributed by atoms with Crippen LogP contribution in [0, 0.1) is 11.8 Å². The van der Waals surface area contributed by atoms with E-state index in [4.69, 9.17) is 5.84 Å². The van der Waals surface area contributed by atoms with E-state index < -0.39 is 0 Å². The Labute approximate surface area is 108 Å². The number of hydrogen-bond donors (Lipinski definition) is 2. The van der Waals surface area contributed by atoms with Crippen LogP contribution in [0.4, 0.5) is 0 Å². The second-order valence-corrected chi connectivity index (χ2v) is 5.60. The number of nitrogens with zero attached hydrogens (tertiary/aromatic N) is 2. The normalized spacial score (nSPS) is 37.1. The number of likely N-dealkylation sites (tertiary alicyclic amines) is 1. The Balaban J connectivity index is 1.94. The molecular formula is C14H21N3O. The highest BCUT2D eigenvalue weighted by molar-refractivity contribution is 5.23. The van der Waals surface area contributed by atoms with Crippen LogP contribution in [-0.2, 0) is 0 Å². The highest BCUT2D eigenvalue weighted by Crippen LogP contribution is 2.46. The van der Waals surface area contributed by atoms with Crippen LogP contribution in [0.5, 0.6) is 0 Å². The largest absolute Gasteiger partial charge is 0.395 e. The summed E-state index contributed by atoms with van der Waals surface area (Å²) in [5.41, 5.74) is 1.27. The number of hydrazine groups is 1. The van der Waals surface area contributed by atoms with Gasteiger partial charge in [0.2, 0.25) is 0 Å². The molecule has 98 valence electrons. The molecule has 4 nitrogen and oxygen atoms in total. The van der Waals surface area contributed by atoms with Crippen molar-refractivity contribution in [2.75, 3.05) is 26.7 Å². The van der Waals surface area contributed by atoms with E-state index in [0.717, 1.165) is 13.1 Å². The van der Waals surface area contributed by atoms with Crippen LogP contribution in [0.1, 0.15) is 11.6 Å². The van der Waals surface area contributed by atoms with Gasteiger partial charge in [0.05, 0.1) is 18.7 Å². The van der Waals surface area contributed by atoms with Crippen molar-refractivity contribution >= 4 is 0 Å². The molecule has 2 fully saturated rings. The Morgan fingerprint density at radius 2 is 1.89 bits per heavy atom. The van der Waals surface area contributed by atoms with Crippen molar-refractivity contribution in [1.82, 2.24) is 9.91 Å². The van der Waals surface area contributed by atoms with Gasteiger partial charge in [0.25, 0.3) is 0 Å². The van der Waals surface area contributed by atoms with Crippen molar-refractivity contribution in [3.8, 4) is 0 Å². The molecule has 18 heavy (non-hydrogen) atoms. The highest BCUT2D eigenvalue weighted by atomic mass is 16.3. The number of aliphatic hydroxyl groups excluding tert-OH is 1. The topological polar surface area (TPSA) is 52.7 Å². The van der Waals surface area contributed by atoms with E-state index in [9.17, 15) is 5.11 Å². The van der Waals surface area contributed by atoms with Crippen molar-refractivity contribution in [2.24, 2.45) is 17.7 Å². The van der Waals surface area contributed by atoms with E-state index >= 15 is 0 Å². The summed E-state index contributed by atoms with van der Waals surface area (Å²) in [4.78, 5) is 2.35. The lowest BCUT2D eigenvalue weighted by Gasteiger charge is -2.28.